The molecule has 0 heterocycles. The lowest BCUT2D eigenvalue weighted by molar-refractivity contribution is 0.659. The minimum atomic E-state index is -0.0432. The molecule has 0 unspecified atom stereocenters. The van der Waals surface area contributed by atoms with Gasteiger partial charge < -0.3 is 0 Å². The minimum absolute atomic E-state index is 0. The van der Waals surface area contributed by atoms with Gasteiger partial charge in [0.1, 0.15) is 0 Å². The molecule has 0 nitrogen and oxygen atoms in total. The highest BCUT2D eigenvalue weighted by molar-refractivity contribution is 14.0. The van der Waals surface area contributed by atoms with E-state index in [-0.39, 0.29) is 32.8 Å². The summed E-state index contributed by atoms with van der Waals surface area (Å²) in [7, 11) is -0.0432. The third-order valence-electron chi connectivity index (χ3n) is 2.09. The quantitative estimate of drug-likeness (QED) is 0.472. The minimum Gasteiger partial charge on any atom is -0.107 e. The molecule has 0 atom stereocenters. The fraction of sp³-hybridized carbons (Fsp3) is 1.00. The van der Waals surface area contributed by atoms with Crippen LogP contribution in [0.3, 0.4) is 0 Å². The molecule has 0 aliphatic heterocycles. The average Bonchev–Trinajstić information content (AvgIpc) is 1.80. The zero-order chi connectivity index (χ0) is 10.4. The SMILES string of the molecule is CC(C)C[Si](CC(C)C)CC(C)C.I. The van der Waals surface area contributed by atoms with Crippen LogP contribution in [0.1, 0.15) is 41.5 Å². The Bertz CT molecular complexity index is 97.7. The van der Waals surface area contributed by atoms with Gasteiger partial charge >= 0.3 is 0 Å². The van der Waals surface area contributed by atoms with E-state index >= 15 is 0 Å². The number of rotatable bonds is 6. The molecule has 0 rings (SSSR count). The largest absolute Gasteiger partial charge is 0.107 e. The van der Waals surface area contributed by atoms with Crippen molar-refractivity contribution in [1.82, 2.24) is 0 Å². The van der Waals surface area contributed by atoms with Gasteiger partial charge in [-0.15, -0.1) is 24.0 Å². The highest BCUT2D eigenvalue weighted by atomic mass is 127. The molecule has 0 aromatic heterocycles. The molecule has 0 aromatic carbocycles. The zero-order valence-electron chi connectivity index (χ0n) is 10.8. The molecule has 0 saturated heterocycles. The van der Waals surface area contributed by atoms with Gasteiger partial charge in [-0.25, -0.2) is 0 Å². The standard InChI is InChI=1S/C12H27Si.HI/c1-10(2)7-13(8-11(3)4)9-12(5)6;/h10-12H,7-9H2,1-6H3;1H. The summed E-state index contributed by atoms with van der Waals surface area (Å²) in [6.07, 6.45) is 0. The lowest BCUT2D eigenvalue weighted by Gasteiger charge is -2.20. The molecule has 0 aliphatic carbocycles. The van der Waals surface area contributed by atoms with Gasteiger partial charge in [0.15, 0.2) is 0 Å². The smallest absolute Gasteiger partial charge is 0.0486 e. The fourth-order valence-corrected chi connectivity index (χ4v) is 5.95. The van der Waals surface area contributed by atoms with Gasteiger partial charge in [-0.05, 0) is 17.8 Å². The van der Waals surface area contributed by atoms with Crippen molar-refractivity contribution in [3.8, 4) is 0 Å². The lowest BCUT2D eigenvalue weighted by Crippen LogP contribution is -2.19. The van der Waals surface area contributed by atoms with Crippen molar-refractivity contribution in [2.24, 2.45) is 17.8 Å². The monoisotopic (exact) mass is 327 g/mol. The molecule has 0 N–H and O–H groups in total. The van der Waals surface area contributed by atoms with Crippen LogP contribution in [0.2, 0.25) is 18.1 Å². The molecule has 14 heavy (non-hydrogen) atoms. The van der Waals surface area contributed by atoms with Gasteiger partial charge in [-0.2, -0.15) is 0 Å². The second kappa shape index (κ2) is 9.19. The van der Waals surface area contributed by atoms with Crippen molar-refractivity contribution in [1.29, 1.82) is 0 Å². The van der Waals surface area contributed by atoms with Crippen LogP contribution < -0.4 is 0 Å². The molecule has 87 valence electrons. The van der Waals surface area contributed by atoms with E-state index < -0.39 is 0 Å². The fourth-order valence-electron chi connectivity index (χ4n) is 1.98. The number of halogens is 1. The second-order valence-corrected chi connectivity index (χ2v) is 8.27. The first-order valence-electron chi connectivity index (χ1n) is 5.75. The van der Waals surface area contributed by atoms with E-state index in [4.69, 9.17) is 0 Å². The van der Waals surface area contributed by atoms with Gasteiger partial charge in [0, 0.05) is 8.80 Å². The lowest BCUT2D eigenvalue weighted by atomic mass is 10.3. The molecule has 0 saturated carbocycles. The first kappa shape index (κ1) is 17.3. The van der Waals surface area contributed by atoms with E-state index in [0.29, 0.717) is 0 Å². The summed E-state index contributed by atoms with van der Waals surface area (Å²) in [5.41, 5.74) is 0. The van der Waals surface area contributed by atoms with Crippen LogP contribution in [0.4, 0.5) is 0 Å². The van der Waals surface area contributed by atoms with Crippen molar-refractivity contribution in [3.05, 3.63) is 0 Å². The Hall–Kier alpha value is 0.947. The summed E-state index contributed by atoms with van der Waals surface area (Å²) in [5.74, 6) is 2.73. The molecule has 1 radical (unpaired) electrons. The highest BCUT2D eigenvalue weighted by Gasteiger charge is 2.15. The van der Waals surface area contributed by atoms with Crippen molar-refractivity contribution in [2.45, 2.75) is 59.7 Å². The average molecular weight is 327 g/mol. The predicted octanol–water partition coefficient (Wildman–Crippen LogP) is 5.07. The van der Waals surface area contributed by atoms with Crippen molar-refractivity contribution < 1.29 is 0 Å². The summed E-state index contributed by atoms with van der Waals surface area (Å²) in [6, 6.07) is 4.54. The first-order chi connectivity index (χ1) is 5.91. The third-order valence-corrected chi connectivity index (χ3v) is 6.27. The maximum atomic E-state index is 2.37. The Morgan fingerprint density at radius 3 is 1.00 bits per heavy atom. The Morgan fingerprint density at radius 2 is 0.857 bits per heavy atom. The normalized spacial score (nSPS) is 11.6. The van der Waals surface area contributed by atoms with Gasteiger partial charge in [0.05, 0.1) is 0 Å². The summed E-state index contributed by atoms with van der Waals surface area (Å²) in [5, 5.41) is 0. The third kappa shape index (κ3) is 11.0. The van der Waals surface area contributed by atoms with Crippen LogP contribution in [0, 0.1) is 17.8 Å². The highest BCUT2D eigenvalue weighted by Crippen LogP contribution is 2.20. The maximum absolute atomic E-state index is 2.37. The molecule has 0 fully saturated rings. The summed E-state index contributed by atoms with van der Waals surface area (Å²) >= 11 is 0. The summed E-state index contributed by atoms with van der Waals surface area (Å²) in [6.45, 7) is 14.2. The molecule has 0 spiro atoms. The maximum Gasteiger partial charge on any atom is 0.0486 e. The number of hydrogen-bond donors (Lipinski definition) is 0. The second-order valence-electron chi connectivity index (χ2n) is 5.54. The molecule has 0 aliphatic rings. The first-order valence-corrected chi connectivity index (χ1v) is 7.87. The summed E-state index contributed by atoms with van der Waals surface area (Å²) in [4.78, 5) is 0. The van der Waals surface area contributed by atoms with Crippen LogP contribution in [-0.4, -0.2) is 8.80 Å². The van der Waals surface area contributed by atoms with Crippen LogP contribution in [0.5, 0.6) is 0 Å². The molecule has 0 aromatic rings. The van der Waals surface area contributed by atoms with Crippen molar-refractivity contribution in [2.75, 3.05) is 0 Å². The molecule has 0 bridgehead atoms. The van der Waals surface area contributed by atoms with Crippen molar-refractivity contribution in [3.63, 3.8) is 0 Å². The molecule has 0 amide bonds. The van der Waals surface area contributed by atoms with Crippen LogP contribution >= 0.6 is 24.0 Å². The van der Waals surface area contributed by atoms with Gasteiger partial charge in [-0.3, -0.25) is 0 Å². The van der Waals surface area contributed by atoms with E-state index in [0.717, 1.165) is 17.8 Å². The Morgan fingerprint density at radius 1 is 0.643 bits per heavy atom. The van der Waals surface area contributed by atoms with Gasteiger partial charge in [0.25, 0.3) is 0 Å². The Labute approximate surface area is 110 Å². The van der Waals surface area contributed by atoms with Crippen molar-refractivity contribution >= 4 is 32.8 Å². The predicted molar refractivity (Wildman–Crippen MR) is 80.1 cm³/mol. The van der Waals surface area contributed by atoms with Crippen LogP contribution in [0.25, 0.3) is 0 Å². The van der Waals surface area contributed by atoms with E-state index in [2.05, 4.69) is 41.5 Å². The molecule has 2 heteroatoms. The van der Waals surface area contributed by atoms with Gasteiger partial charge in [-0.1, -0.05) is 59.7 Å². The van der Waals surface area contributed by atoms with E-state index in [1.807, 2.05) is 0 Å². The van der Waals surface area contributed by atoms with Gasteiger partial charge in [0.2, 0.25) is 0 Å². The zero-order valence-corrected chi connectivity index (χ0v) is 14.1. The topological polar surface area (TPSA) is 0 Å². The molecular formula is C12H28ISi. The summed E-state index contributed by atoms with van der Waals surface area (Å²) < 4.78 is 0. The Kier molecular flexibility index (Phi) is 11.4. The Balaban J connectivity index is 0. The van der Waals surface area contributed by atoms with Crippen LogP contribution in [-0.2, 0) is 0 Å². The van der Waals surface area contributed by atoms with E-state index in [1.54, 1.807) is 0 Å². The van der Waals surface area contributed by atoms with E-state index in [9.17, 15) is 0 Å². The van der Waals surface area contributed by atoms with Crippen LogP contribution in [0.15, 0.2) is 0 Å². The van der Waals surface area contributed by atoms with E-state index in [1.165, 1.54) is 18.1 Å². The number of hydrogen-bond acceptors (Lipinski definition) is 0. The molecular weight excluding hydrogens is 299 g/mol.